The Balaban J connectivity index is 2.70. The minimum atomic E-state index is -4.29. The molecule has 0 amide bonds. The summed E-state index contributed by atoms with van der Waals surface area (Å²) in [4.78, 5) is 0. The molecular weight excluding hydrogens is 349 g/mol. The molecule has 0 aliphatic heterocycles. The van der Waals surface area contributed by atoms with Gasteiger partial charge in [-0.25, -0.2) is 0 Å². The van der Waals surface area contributed by atoms with Crippen molar-refractivity contribution in [2.45, 2.75) is 19.0 Å². The third kappa shape index (κ3) is 4.29. The van der Waals surface area contributed by atoms with Gasteiger partial charge in [0.15, 0.2) is 0 Å². The molecule has 0 atom stereocenters. The molecule has 1 rings (SSSR count). The molecule has 1 aromatic carbocycles. The molecule has 0 bridgehead atoms. The van der Waals surface area contributed by atoms with Crippen LogP contribution in [0.1, 0.15) is 12.0 Å². The highest BCUT2D eigenvalue weighted by atomic mass is 79.9. The maximum atomic E-state index is 12.6. The van der Waals surface area contributed by atoms with E-state index in [0.29, 0.717) is 6.42 Å². The maximum absolute atomic E-state index is 12.6. The van der Waals surface area contributed by atoms with E-state index in [1.165, 1.54) is 0 Å². The van der Waals surface area contributed by atoms with Crippen LogP contribution >= 0.6 is 31.9 Å². The van der Waals surface area contributed by atoms with Crippen molar-refractivity contribution in [3.8, 4) is 0 Å². The van der Waals surface area contributed by atoms with Gasteiger partial charge < -0.3 is 0 Å². The number of allylic oxidation sites excluding steroid dienone is 1. The summed E-state index contributed by atoms with van der Waals surface area (Å²) in [6.07, 6.45) is -3.97. The van der Waals surface area contributed by atoms with Gasteiger partial charge in [0, 0.05) is 0 Å². The zero-order chi connectivity index (χ0) is 12.2. The highest BCUT2D eigenvalue weighted by Crippen LogP contribution is 2.36. The first-order valence-corrected chi connectivity index (χ1v) is 6.15. The Labute approximate surface area is 109 Å². The van der Waals surface area contributed by atoms with Crippen LogP contribution in [0.25, 0.3) is 0 Å². The molecule has 0 fully saturated rings. The second kappa shape index (κ2) is 5.87. The largest absolute Gasteiger partial charge is 0.414 e. The minimum Gasteiger partial charge on any atom is -0.166 e. The standard InChI is InChI=1S/C11H9Br2F3/c12-10(13)9(11(14,15)16)7-6-8-4-2-1-3-5-8/h1-5H,6-7H2. The molecule has 88 valence electrons. The van der Waals surface area contributed by atoms with Gasteiger partial charge in [0.25, 0.3) is 0 Å². The normalized spacial score (nSPS) is 11.3. The average molecular weight is 358 g/mol. The third-order valence-electron chi connectivity index (χ3n) is 2.08. The third-order valence-corrected chi connectivity index (χ3v) is 3.03. The molecule has 0 saturated heterocycles. The van der Waals surface area contributed by atoms with Crippen LogP contribution < -0.4 is 0 Å². The van der Waals surface area contributed by atoms with Crippen LogP contribution in [-0.4, -0.2) is 6.18 Å². The lowest BCUT2D eigenvalue weighted by atomic mass is 10.1. The summed E-state index contributed by atoms with van der Waals surface area (Å²) in [5.41, 5.74) is 0.321. The van der Waals surface area contributed by atoms with Crippen molar-refractivity contribution >= 4 is 31.9 Å². The molecule has 16 heavy (non-hydrogen) atoms. The lowest BCUT2D eigenvalue weighted by Gasteiger charge is -2.12. The summed E-state index contributed by atoms with van der Waals surface area (Å²) < 4.78 is 37.6. The molecule has 0 unspecified atom stereocenters. The topological polar surface area (TPSA) is 0 Å². The Morgan fingerprint density at radius 3 is 2.06 bits per heavy atom. The van der Waals surface area contributed by atoms with Crippen LogP contribution in [0.4, 0.5) is 13.2 Å². The van der Waals surface area contributed by atoms with E-state index in [1.807, 2.05) is 30.3 Å². The van der Waals surface area contributed by atoms with Gasteiger partial charge >= 0.3 is 6.18 Å². The van der Waals surface area contributed by atoms with Crippen molar-refractivity contribution in [1.29, 1.82) is 0 Å². The van der Waals surface area contributed by atoms with Crippen LogP contribution in [0.5, 0.6) is 0 Å². The van der Waals surface area contributed by atoms with Gasteiger partial charge in [-0.1, -0.05) is 30.3 Å². The molecular formula is C11H9Br2F3. The molecule has 0 spiro atoms. The van der Waals surface area contributed by atoms with Crippen LogP contribution in [0.3, 0.4) is 0 Å². The van der Waals surface area contributed by atoms with Crippen LogP contribution in [0.15, 0.2) is 39.3 Å². The van der Waals surface area contributed by atoms with Crippen LogP contribution in [-0.2, 0) is 6.42 Å². The van der Waals surface area contributed by atoms with Gasteiger partial charge in [0.2, 0.25) is 0 Å². The number of hydrogen-bond donors (Lipinski definition) is 0. The zero-order valence-corrected chi connectivity index (χ0v) is 11.4. The average Bonchev–Trinajstić information content (AvgIpc) is 2.17. The first-order chi connectivity index (χ1) is 7.41. The molecule has 5 heteroatoms. The summed E-state index contributed by atoms with van der Waals surface area (Å²) in [5.74, 6) is 0. The Morgan fingerprint density at radius 2 is 1.62 bits per heavy atom. The van der Waals surface area contributed by atoms with Crippen molar-refractivity contribution in [2.24, 2.45) is 0 Å². The number of hydrogen-bond acceptors (Lipinski definition) is 0. The van der Waals surface area contributed by atoms with Crippen molar-refractivity contribution in [2.75, 3.05) is 0 Å². The quantitative estimate of drug-likeness (QED) is 0.698. The zero-order valence-electron chi connectivity index (χ0n) is 8.19. The van der Waals surface area contributed by atoms with E-state index in [1.54, 1.807) is 0 Å². The van der Waals surface area contributed by atoms with Gasteiger partial charge in [-0.15, -0.1) is 0 Å². The summed E-state index contributed by atoms with van der Waals surface area (Å²) >= 11 is 5.65. The number of benzene rings is 1. The van der Waals surface area contributed by atoms with E-state index < -0.39 is 11.7 Å². The van der Waals surface area contributed by atoms with E-state index in [2.05, 4.69) is 31.9 Å². The second-order valence-electron chi connectivity index (χ2n) is 3.22. The molecule has 0 N–H and O–H groups in total. The predicted molar refractivity (Wildman–Crippen MR) is 65.7 cm³/mol. The van der Waals surface area contributed by atoms with Crippen molar-refractivity contribution in [1.82, 2.24) is 0 Å². The van der Waals surface area contributed by atoms with Crippen molar-refractivity contribution in [3.63, 3.8) is 0 Å². The van der Waals surface area contributed by atoms with E-state index in [-0.39, 0.29) is 9.81 Å². The summed E-state index contributed by atoms with van der Waals surface area (Å²) in [7, 11) is 0. The molecule has 1 aromatic rings. The summed E-state index contributed by atoms with van der Waals surface area (Å²) in [6, 6.07) is 9.10. The first-order valence-electron chi connectivity index (χ1n) is 4.56. The number of aryl methyl sites for hydroxylation is 1. The SMILES string of the molecule is FC(F)(F)C(CCc1ccccc1)=C(Br)Br. The van der Waals surface area contributed by atoms with Crippen molar-refractivity contribution in [3.05, 3.63) is 44.9 Å². The van der Waals surface area contributed by atoms with Crippen molar-refractivity contribution < 1.29 is 13.2 Å². The monoisotopic (exact) mass is 356 g/mol. The molecule has 0 aliphatic carbocycles. The Kier molecular flexibility index (Phi) is 5.05. The van der Waals surface area contributed by atoms with Gasteiger partial charge in [-0.3, -0.25) is 0 Å². The Morgan fingerprint density at radius 1 is 1.06 bits per heavy atom. The molecule has 0 heterocycles. The summed E-state index contributed by atoms with van der Waals surface area (Å²) in [5, 5.41) is 0. The van der Waals surface area contributed by atoms with E-state index >= 15 is 0 Å². The first kappa shape index (κ1) is 13.8. The van der Waals surface area contributed by atoms with Gasteiger partial charge in [-0.2, -0.15) is 13.2 Å². The molecule has 0 saturated carbocycles. The number of halogens is 5. The Hall–Kier alpha value is -0.290. The smallest absolute Gasteiger partial charge is 0.166 e. The van der Waals surface area contributed by atoms with E-state index in [9.17, 15) is 13.2 Å². The predicted octanol–water partition coefficient (Wildman–Crippen LogP) is 5.18. The molecule has 0 aliphatic rings. The van der Waals surface area contributed by atoms with Gasteiger partial charge in [-0.05, 0) is 50.3 Å². The minimum absolute atomic E-state index is 0.0246. The molecule has 0 nitrogen and oxygen atoms in total. The summed E-state index contributed by atoms with van der Waals surface area (Å²) in [6.45, 7) is 0. The lowest BCUT2D eigenvalue weighted by Crippen LogP contribution is -2.13. The van der Waals surface area contributed by atoms with Gasteiger partial charge in [0.05, 0.1) is 8.96 Å². The molecule has 0 radical (unpaired) electrons. The van der Waals surface area contributed by atoms with Crippen LogP contribution in [0, 0.1) is 0 Å². The fraction of sp³-hybridized carbons (Fsp3) is 0.273. The Bertz CT molecular complexity index is 365. The fourth-order valence-corrected chi connectivity index (χ4v) is 2.10. The van der Waals surface area contributed by atoms with E-state index in [0.717, 1.165) is 5.56 Å². The lowest BCUT2D eigenvalue weighted by molar-refractivity contribution is -0.0938. The second-order valence-corrected chi connectivity index (χ2v) is 5.87. The maximum Gasteiger partial charge on any atom is 0.414 e. The van der Waals surface area contributed by atoms with E-state index in [4.69, 9.17) is 0 Å². The molecule has 0 aromatic heterocycles. The number of rotatable bonds is 3. The number of alkyl halides is 3. The highest BCUT2D eigenvalue weighted by Gasteiger charge is 2.34. The van der Waals surface area contributed by atoms with Crippen LogP contribution in [0.2, 0.25) is 0 Å². The van der Waals surface area contributed by atoms with Gasteiger partial charge in [0.1, 0.15) is 0 Å². The fourth-order valence-electron chi connectivity index (χ4n) is 1.26. The highest BCUT2D eigenvalue weighted by molar-refractivity contribution is 9.28.